The smallest absolute Gasteiger partial charge is 0.307 e. The zero-order valence-electron chi connectivity index (χ0n) is 21.2. The second-order valence-electron chi connectivity index (χ2n) is 9.73. The first-order chi connectivity index (χ1) is 17.3. The lowest BCUT2D eigenvalue weighted by Gasteiger charge is -2.38. The molecule has 2 heterocycles. The van der Waals surface area contributed by atoms with Crippen LogP contribution in [-0.2, 0) is 11.2 Å². The fourth-order valence-electron chi connectivity index (χ4n) is 5.16. The molecule has 0 saturated carbocycles. The lowest BCUT2D eigenvalue weighted by molar-refractivity contribution is -0.141. The number of hydrogen-bond acceptors (Lipinski definition) is 4. The van der Waals surface area contributed by atoms with Gasteiger partial charge in [-0.25, -0.2) is 4.39 Å². The molecule has 2 N–H and O–H groups in total. The monoisotopic (exact) mass is 499 g/mol. The van der Waals surface area contributed by atoms with Gasteiger partial charge in [0.15, 0.2) is 0 Å². The minimum atomic E-state index is -0.873. The summed E-state index contributed by atoms with van der Waals surface area (Å²) < 4.78 is 34.1. The van der Waals surface area contributed by atoms with E-state index in [4.69, 9.17) is 4.74 Å². The molecule has 2 unspecified atom stereocenters. The molecule has 0 spiro atoms. The molecule has 4 rings (SSSR count). The van der Waals surface area contributed by atoms with E-state index in [1.54, 1.807) is 13.0 Å². The van der Waals surface area contributed by atoms with Gasteiger partial charge in [-0.05, 0) is 56.1 Å². The van der Waals surface area contributed by atoms with Crippen molar-refractivity contribution in [3.8, 4) is 5.75 Å². The van der Waals surface area contributed by atoms with Crippen LogP contribution in [0.25, 0.3) is 10.9 Å². The van der Waals surface area contributed by atoms with Crippen LogP contribution in [0.3, 0.4) is 0 Å². The zero-order valence-corrected chi connectivity index (χ0v) is 21.2. The highest BCUT2D eigenvalue weighted by molar-refractivity contribution is 5.85. The van der Waals surface area contributed by atoms with Crippen molar-refractivity contribution in [3.63, 3.8) is 0 Å². The molecule has 0 amide bonds. The van der Waals surface area contributed by atoms with Crippen LogP contribution in [0.5, 0.6) is 5.75 Å². The van der Waals surface area contributed by atoms with Crippen molar-refractivity contribution in [2.24, 2.45) is 5.92 Å². The van der Waals surface area contributed by atoms with Gasteiger partial charge in [0.25, 0.3) is 0 Å². The number of nitrogens with zero attached hydrogens (tertiary/aromatic N) is 2. The Hall–Kier alpha value is -2.97. The van der Waals surface area contributed by atoms with Gasteiger partial charge in [0.05, 0.1) is 18.6 Å². The molecule has 194 valence electrons. The van der Waals surface area contributed by atoms with Gasteiger partial charge in [0, 0.05) is 48.3 Å². The molecular weight excluding hydrogens is 464 g/mol. The van der Waals surface area contributed by atoms with Crippen molar-refractivity contribution >= 4 is 16.9 Å². The molecule has 3 aromatic rings. The van der Waals surface area contributed by atoms with Gasteiger partial charge < -0.3 is 19.7 Å². The fraction of sp³-hybridized carbons (Fsp3) is 0.464. The molecule has 36 heavy (non-hydrogen) atoms. The Morgan fingerprint density at radius 1 is 1.28 bits per heavy atom. The minimum Gasteiger partial charge on any atom is -0.492 e. The number of carboxylic acid groups (broad SMARTS) is 1. The Morgan fingerprint density at radius 2 is 2.06 bits per heavy atom. The van der Waals surface area contributed by atoms with Gasteiger partial charge in [-0.2, -0.15) is 0 Å². The quantitative estimate of drug-likeness (QED) is 0.391. The third-order valence-corrected chi connectivity index (χ3v) is 7.15. The SMILES string of the molecule is Cc1c(OCCN(C)CCCF)ccc(F)c1C1c2[nH]c3ccccc3c2CCN1CC(C)C(=O)O. The largest absolute Gasteiger partial charge is 0.492 e. The molecule has 0 fully saturated rings. The predicted octanol–water partition coefficient (Wildman–Crippen LogP) is 4.95. The van der Waals surface area contributed by atoms with Gasteiger partial charge in [-0.15, -0.1) is 0 Å². The maximum atomic E-state index is 15.6. The number of H-pyrrole nitrogens is 1. The summed E-state index contributed by atoms with van der Waals surface area (Å²) in [5.41, 5.74) is 4.25. The number of halogens is 2. The van der Waals surface area contributed by atoms with Crippen molar-refractivity contribution in [2.45, 2.75) is 32.7 Å². The second-order valence-corrected chi connectivity index (χ2v) is 9.73. The summed E-state index contributed by atoms with van der Waals surface area (Å²) in [5.74, 6) is -1.22. The molecule has 1 aliphatic rings. The number of aromatic nitrogens is 1. The Balaban J connectivity index is 1.70. The molecule has 0 aliphatic carbocycles. The van der Waals surface area contributed by atoms with Crippen molar-refractivity contribution < 1.29 is 23.4 Å². The third-order valence-electron chi connectivity index (χ3n) is 7.15. The average Bonchev–Trinajstić information content (AvgIpc) is 3.23. The fourth-order valence-corrected chi connectivity index (χ4v) is 5.16. The predicted molar refractivity (Wildman–Crippen MR) is 137 cm³/mol. The van der Waals surface area contributed by atoms with E-state index in [-0.39, 0.29) is 12.5 Å². The molecule has 1 aliphatic heterocycles. The number of carboxylic acids is 1. The van der Waals surface area contributed by atoms with E-state index in [2.05, 4.69) is 16.0 Å². The lowest BCUT2D eigenvalue weighted by Crippen LogP contribution is -2.41. The van der Waals surface area contributed by atoms with Crippen LogP contribution in [0.2, 0.25) is 0 Å². The van der Waals surface area contributed by atoms with E-state index in [0.29, 0.717) is 56.1 Å². The normalized spacial score (nSPS) is 16.9. The Morgan fingerprint density at radius 3 is 2.81 bits per heavy atom. The van der Waals surface area contributed by atoms with E-state index in [1.807, 2.05) is 37.1 Å². The van der Waals surface area contributed by atoms with Crippen LogP contribution >= 0.6 is 0 Å². The van der Waals surface area contributed by atoms with Crippen LogP contribution in [-0.4, -0.2) is 72.4 Å². The highest BCUT2D eigenvalue weighted by Gasteiger charge is 2.36. The standard InChI is InChI=1S/C28H35F2N3O3/c1-18(28(34)35)17-33-14-11-21-20-7-4-5-8-23(20)31-26(21)27(33)25-19(2)24(10-9-22(25)30)36-16-15-32(3)13-6-12-29/h4-5,7-10,18,27,31H,6,11-17H2,1-3H3,(H,34,35). The summed E-state index contributed by atoms with van der Waals surface area (Å²) >= 11 is 0. The maximum absolute atomic E-state index is 15.6. The van der Waals surface area contributed by atoms with E-state index in [1.165, 1.54) is 6.07 Å². The van der Waals surface area contributed by atoms with Crippen LogP contribution in [0.1, 0.15) is 41.8 Å². The molecule has 2 aromatic carbocycles. The van der Waals surface area contributed by atoms with Crippen molar-refractivity contribution in [1.82, 2.24) is 14.8 Å². The Bertz CT molecular complexity index is 1210. The third kappa shape index (κ3) is 5.39. The molecule has 2 atom stereocenters. The topological polar surface area (TPSA) is 68.8 Å². The molecular formula is C28H35F2N3O3. The average molecular weight is 500 g/mol. The molecule has 0 bridgehead atoms. The maximum Gasteiger partial charge on any atom is 0.307 e. The number of ether oxygens (including phenoxy) is 1. The van der Waals surface area contributed by atoms with Gasteiger partial charge in [-0.3, -0.25) is 14.1 Å². The number of fused-ring (bicyclic) bond motifs is 3. The number of aromatic amines is 1. The minimum absolute atomic E-state index is 0.304. The van der Waals surface area contributed by atoms with Crippen molar-refractivity contribution in [3.05, 3.63) is 64.6 Å². The second kappa shape index (κ2) is 11.4. The van der Waals surface area contributed by atoms with Crippen molar-refractivity contribution in [2.75, 3.05) is 46.5 Å². The summed E-state index contributed by atoms with van der Waals surface area (Å²) in [6.07, 6.45) is 1.24. The van der Waals surface area contributed by atoms with E-state index in [0.717, 1.165) is 28.6 Å². The van der Waals surface area contributed by atoms with Crippen LogP contribution in [0, 0.1) is 18.7 Å². The van der Waals surface area contributed by atoms with Crippen LogP contribution in [0.15, 0.2) is 36.4 Å². The Kier molecular flexibility index (Phi) is 8.26. The number of alkyl halides is 1. The van der Waals surface area contributed by atoms with E-state index < -0.39 is 17.9 Å². The van der Waals surface area contributed by atoms with E-state index >= 15 is 4.39 Å². The summed E-state index contributed by atoms with van der Waals surface area (Å²) in [6, 6.07) is 10.7. The molecule has 0 saturated heterocycles. The number of rotatable bonds is 11. The first-order valence-electron chi connectivity index (χ1n) is 12.5. The number of benzene rings is 2. The van der Waals surface area contributed by atoms with Crippen LogP contribution < -0.4 is 4.74 Å². The molecule has 0 radical (unpaired) electrons. The summed E-state index contributed by atoms with van der Waals surface area (Å²) in [5, 5.41) is 10.7. The summed E-state index contributed by atoms with van der Waals surface area (Å²) in [6.45, 7) is 5.80. The Labute approximate surface area is 210 Å². The van der Waals surface area contributed by atoms with Crippen molar-refractivity contribution in [1.29, 1.82) is 0 Å². The first kappa shape index (κ1) is 26.1. The summed E-state index contributed by atoms with van der Waals surface area (Å²) in [4.78, 5) is 19.3. The number of likely N-dealkylation sites (N-methyl/N-ethyl adjacent to an activating group) is 1. The van der Waals surface area contributed by atoms with Gasteiger partial charge in [0.2, 0.25) is 0 Å². The molecule has 1 aromatic heterocycles. The summed E-state index contributed by atoms with van der Waals surface area (Å²) in [7, 11) is 1.92. The lowest BCUT2D eigenvalue weighted by atomic mass is 9.88. The first-order valence-corrected chi connectivity index (χ1v) is 12.5. The zero-order chi connectivity index (χ0) is 25.8. The van der Waals surface area contributed by atoms with Gasteiger partial charge >= 0.3 is 5.97 Å². The van der Waals surface area contributed by atoms with Crippen LogP contribution in [0.4, 0.5) is 8.78 Å². The number of hydrogen-bond donors (Lipinski definition) is 2. The highest BCUT2D eigenvalue weighted by Crippen LogP contribution is 2.42. The number of aliphatic carboxylic acids is 1. The van der Waals surface area contributed by atoms with Gasteiger partial charge in [0.1, 0.15) is 18.2 Å². The number of carbonyl (C=O) groups is 1. The number of para-hydroxylation sites is 1. The number of nitrogens with one attached hydrogen (secondary N) is 1. The molecule has 6 nitrogen and oxygen atoms in total. The van der Waals surface area contributed by atoms with E-state index in [9.17, 15) is 14.3 Å². The highest BCUT2D eigenvalue weighted by atomic mass is 19.1. The molecule has 8 heteroatoms. The van der Waals surface area contributed by atoms with Gasteiger partial charge in [-0.1, -0.05) is 25.1 Å².